The van der Waals surface area contributed by atoms with Crippen LogP contribution in [0, 0.1) is 18.3 Å². The maximum atomic E-state index is 7.43. The number of ether oxygens (including phenoxy) is 1. The second-order valence-electron chi connectivity index (χ2n) is 6.81. The second kappa shape index (κ2) is 8.85. The zero-order valence-electron chi connectivity index (χ0n) is 15.2. The van der Waals surface area contributed by atoms with Crippen LogP contribution in [0.3, 0.4) is 0 Å². The third kappa shape index (κ3) is 5.33. The number of nitrogens with two attached hydrogens (primary N) is 1. The fourth-order valence-corrected chi connectivity index (χ4v) is 3.07. The SMILES string of the molecule is Cc1cc(Oc2ccc(C(=N)N)cc2)nc(NC2CCC(C)CC2)n1.Cl. The summed E-state index contributed by atoms with van der Waals surface area (Å²) < 4.78 is 5.84. The van der Waals surface area contributed by atoms with Crippen molar-refractivity contribution >= 4 is 24.2 Å². The summed E-state index contributed by atoms with van der Waals surface area (Å²) in [5.74, 6) is 2.64. The van der Waals surface area contributed by atoms with E-state index in [1.807, 2.05) is 13.0 Å². The maximum absolute atomic E-state index is 7.43. The van der Waals surface area contributed by atoms with Crippen molar-refractivity contribution in [3.63, 3.8) is 0 Å². The van der Waals surface area contributed by atoms with Crippen molar-refractivity contribution < 1.29 is 4.74 Å². The molecule has 6 nitrogen and oxygen atoms in total. The van der Waals surface area contributed by atoms with Crippen LogP contribution in [0.15, 0.2) is 30.3 Å². The van der Waals surface area contributed by atoms with E-state index in [-0.39, 0.29) is 18.2 Å². The van der Waals surface area contributed by atoms with Gasteiger partial charge in [0.1, 0.15) is 11.6 Å². The van der Waals surface area contributed by atoms with E-state index in [9.17, 15) is 0 Å². The molecule has 1 heterocycles. The van der Waals surface area contributed by atoms with Crippen LogP contribution in [0.4, 0.5) is 5.95 Å². The van der Waals surface area contributed by atoms with Gasteiger partial charge in [0.2, 0.25) is 11.8 Å². The standard InChI is InChI=1S/C19H25N5O.ClH/c1-12-3-7-15(8-4-12)23-19-22-13(2)11-17(24-19)25-16-9-5-14(6-10-16)18(20)21;/h5-6,9-12,15H,3-4,7-8H2,1-2H3,(H3,20,21)(H,22,23,24);1H. The summed E-state index contributed by atoms with van der Waals surface area (Å²) in [6.07, 6.45) is 4.80. The highest BCUT2D eigenvalue weighted by Crippen LogP contribution is 2.26. The van der Waals surface area contributed by atoms with E-state index in [4.69, 9.17) is 15.9 Å². The Morgan fingerprint density at radius 1 is 1.15 bits per heavy atom. The van der Waals surface area contributed by atoms with Crippen LogP contribution in [0.25, 0.3) is 0 Å². The van der Waals surface area contributed by atoms with Crippen LogP contribution in [0.1, 0.15) is 43.9 Å². The van der Waals surface area contributed by atoms with Crippen LogP contribution in [0.5, 0.6) is 11.6 Å². The third-order valence-corrected chi connectivity index (χ3v) is 4.57. The summed E-state index contributed by atoms with van der Waals surface area (Å²) in [6, 6.07) is 9.32. The molecule has 0 amide bonds. The molecule has 0 aliphatic heterocycles. The van der Waals surface area contributed by atoms with Crippen molar-refractivity contribution in [3.8, 4) is 11.6 Å². The van der Waals surface area contributed by atoms with Gasteiger partial charge in [-0.1, -0.05) is 6.92 Å². The molecule has 1 saturated carbocycles. The first-order valence-corrected chi connectivity index (χ1v) is 8.74. The monoisotopic (exact) mass is 375 g/mol. The minimum absolute atomic E-state index is 0. The summed E-state index contributed by atoms with van der Waals surface area (Å²) in [7, 11) is 0. The largest absolute Gasteiger partial charge is 0.439 e. The average molecular weight is 376 g/mol. The normalized spacial score (nSPS) is 19.3. The van der Waals surface area contributed by atoms with E-state index in [0.717, 1.165) is 24.5 Å². The zero-order chi connectivity index (χ0) is 17.8. The number of hydrogen-bond donors (Lipinski definition) is 3. The van der Waals surface area contributed by atoms with Crippen molar-refractivity contribution in [2.24, 2.45) is 11.7 Å². The van der Waals surface area contributed by atoms with E-state index in [1.54, 1.807) is 24.3 Å². The van der Waals surface area contributed by atoms with Gasteiger partial charge in [-0.3, -0.25) is 5.41 Å². The third-order valence-electron chi connectivity index (χ3n) is 4.57. The van der Waals surface area contributed by atoms with Crippen LogP contribution in [-0.2, 0) is 0 Å². The molecule has 1 aromatic carbocycles. The first-order valence-electron chi connectivity index (χ1n) is 8.74. The Morgan fingerprint density at radius 2 is 1.81 bits per heavy atom. The van der Waals surface area contributed by atoms with Gasteiger partial charge >= 0.3 is 0 Å². The minimum atomic E-state index is 0. The van der Waals surface area contributed by atoms with Gasteiger partial charge in [0.05, 0.1) is 0 Å². The molecule has 7 heteroatoms. The number of nitrogens with zero attached hydrogens (tertiary/aromatic N) is 2. The number of nitrogen functional groups attached to an aromatic ring is 1. The number of aryl methyl sites for hydroxylation is 1. The topological polar surface area (TPSA) is 96.9 Å². The minimum Gasteiger partial charge on any atom is -0.439 e. The van der Waals surface area contributed by atoms with Crippen LogP contribution in [0.2, 0.25) is 0 Å². The van der Waals surface area contributed by atoms with Gasteiger partial charge in [0.15, 0.2) is 0 Å². The number of hydrogen-bond acceptors (Lipinski definition) is 5. The molecule has 0 saturated heterocycles. The fraction of sp³-hybridized carbons (Fsp3) is 0.421. The molecule has 2 aromatic rings. The van der Waals surface area contributed by atoms with Crippen molar-refractivity contribution in [2.75, 3.05) is 5.32 Å². The quantitative estimate of drug-likeness (QED) is 0.535. The first-order chi connectivity index (χ1) is 12.0. The van der Waals surface area contributed by atoms with E-state index in [2.05, 4.69) is 22.2 Å². The fourth-order valence-electron chi connectivity index (χ4n) is 3.07. The highest BCUT2D eigenvalue weighted by atomic mass is 35.5. The number of rotatable bonds is 5. The van der Waals surface area contributed by atoms with E-state index in [0.29, 0.717) is 29.2 Å². The molecule has 0 radical (unpaired) electrons. The van der Waals surface area contributed by atoms with Crippen molar-refractivity contribution in [2.45, 2.75) is 45.6 Å². The molecule has 0 unspecified atom stereocenters. The first kappa shape index (κ1) is 20.0. The van der Waals surface area contributed by atoms with Crippen LogP contribution in [-0.4, -0.2) is 21.8 Å². The van der Waals surface area contributed by atoms with Gasteiger partial charge < -0.3 is 15.8 Å². The number of nitrogens with one attached hydrogen (secondary N) is 2. The predicted molar refractivity (Wildman–Crippen MR) is 107 cm³/mol. The molecular formula is C19H26ClN5O. The van der Waals surface area contributed by atoms with Gasteiger partial charge in [0.25, 0.3) is 0 Å². The summed E-state index contributed by atoms with van der Waals surface area (Å²) in [4.78, 5) is 8.97. The Morgan fingerprint density at radius 3 is 2.42 bits per heavy atom. The Labute approximate surface area is 160 Å². The number of halogens is 1. The Balaban J connectivity index is 0.00000243. The van der Waals surface area contributed by atoms with Gasteiger partial charge in [-0.15, -0.1) is 12.4 Å². The van der Waals surface area contributed by atoms with E-state index in [1.165, 1.54) is 12.8 Å². The number of anilines is 1. The molecule has 4 N–H and O–H groups in total. The molecule has 0 spiro atoms. The average Bonchev–Trinajstić information content (AvgIpc) is 2.57. The van der Waals surface area contributed by atoms with Crippen molar-refractivity contribution in [3.05, 3.63) is 41.6 Å². The van der Waals surface area contributed by atoms with E-state index < -0.39 is 0 Å². The van der Waals surface area contributed by atoms with Crippen molar-refractivity contribution in [1.82, 2.24) is 9.97 Å². The van der Waals surface area contributed by atoms with Gasteiger partial charge in [-0.25, -0.2) is 4.98 Å². The lowest BCUT2D eigenvalue weighted by molar-refractivity contribution is 0.360. The predicted octanol–water partition coefficient (Wildman–Crippen LogP) is 4.27. The van der Waals surface area contributed by atoms with Crippen LogP contribution >= 0.6 is 12.4 Å². The second-order valence-corrected chi connectivity index (χ2v) is 6.81. The molecule has 0 atom stereocenters. The molecule has 3 rings (SSSR count). The lowest BCUT2D eigenvalue weighted by Crippen LogP contribution is -2.26. The molecule has 1 aliphatic rings. The summed E-state index contributed by atoms with van der Waals surface area (Å²) >= 11 is 0. The highest BCUT2D eigenvalue weighted by molar-refractivity contribution is 5.94. The number of aromatic nitrogens is 2. The maximum Gasteiger partial charge on any atom is 0.226 e. The molecular weight excluding hydrogens is 350 g/mol. The molecule has 1 aliphatic carbocycles. The Kier molecular flexibility index (Phi) is 6.80. The Hall–Kier alpha value is -2.34. The molecule has 1 fully saturated rings. The summed E-state index contributed by atoms with van der Waals surface area (Å²) in [6.45, 7) is 4.24. The molecule has 0 bridgehead atoms. The summed E-state index contributed by atoms with van der Waals surface area (Å²) in [5.41, 5.74) is 6.99. The van der Waals surface area contributed by atoms with Gasteiger partial charge in [-0.05, 0) is 62.8 Å². The molecule has 140 valence electrons. The van der Waals surface area contributed by atoms with Gasteiger partial charge in [0, 0.05) is 23.4 Å². The number of benzene rings is 1. The van der Waals surface area contributed by atoms with Crippen LogP contribution < -0.4 is 15.8 Å². The zero-order valence-corrected chi connectivity index (χ0v) is 16.0. The lowest BCUT2D eigenvalue weighted by atomic mass is 9.87. The highest BCUT2D eigenvalue weighted by Gasteiger charge is 2.19. The lowest BCUT2D eigenvalue weighted by Gasteiger charge is -2.27. The smallest absolute Gasteiger partial charge is 0.226 e. The number of amidine groups is 1. The van der Waals surface area contributed by atoms with Gasteiger partial charge in [-0.2, -0.15) is 4.98 Å². The van der Waals surface area contributed by atoms with E-state index >= 15 is 0 Å². The molecule has 26 heavy (non-hydrogen) atoms. The Bertz CT molecular complexity index is 742. The van der Waals surface area contributed by atoms with Crippen molar-refractivity contribution in [1.29, 1.82) is 5.41 Å². The summed E-state index contributed by atoms with van der Waals surface area (Å²) in [5, 5.41) is 10.9. The molecule has 1 aromatic heterocycles.